The lowest BCUT2D eigenvalue weighted by Crippen LogP contribution is -2.46. The van der Waals surface area contributed by atoms with Crippen molar-refractivity contribution in [3.05, 3.63) is 36.9 Å². The van der Waals surface area contributed by atoms with Crippen LogP contribution < -0.4 is 10.2 Å². The summed E-state index contributed by atoms with van der Waals surface area (Å²) in [6.45, 7) is 9.80. The standard InChI is InChI=1S/C18H24N4OS2/c1-2-8-21-9-11-22(12-10-21)16-5-3-15(4-6-16)20-17(23)14-25-18-19-7-13-24-18/h2-6H,1,7-14H2,(H,20,23). The molecule has 134 valence electrons. The fraction of sp³-hybridized carbons (Fsp3) is 0.444. The number of piperazine rings is 1. The van der Waals surface area contributed by atoms with Crippen LogP contribution in [0.5, 0.6) is 0 Å². The summed E-state index contributed by atoms with van der Waals surface area (Å²) < 4.78 is 1.03. The Morgan fingerprint density at radius 3 is 2.68 bits per heavy atom. The van der Waals surface area contributed by atoms with E-state index in [1.165, 1.54) is 17.4 Å². The Labute approximate surface area is 157 Å². The van der Waals surface area contributed by atoms with Crippen LogP contribution >= 0.6 is 23.5 Å². The number of carbonyl (C=O) groups is 1. The minimum Gasteiger partial charge on any atom is -0.369 e. The third kappa shape index (κ3) is 5.52. The van der Waals surface area contributed by atoms with Gasteiger partial charge in [0.25, 0.3) is 0 Å². The number of aliphatic imine (C=N–C) groups is 1. The van der Waals surface area contributed by atoms with Crippen LogP contribution in [0.4, 0.5) is 11.4 Å². The van der Waals surface area contributed by atoms with Crippen LogP contribution in [-0.2, 0) is 4.79 Å². The number of nitrogens with zero attached hydrogens (tertiary/aromatic N) is 3. The zero-order chi connectivity index (χ0) is 17.5. The van der Waals surface area contributed by atoms with Gasteiger partial charge < -0.3 is 10.2 Å². The maximum atomic E-state index is 12.0. The zero-order valence-corrected chi connectivity index (χ0v) is 16.0. The number of nitrogens with one attached hydrogen (secondary N) is 1. The lowest BCUT2D eigenvalue weighted by molar-refractivity contribution is -0.113. The molecular formula is C18H24N4OS2. The average molecular weight is 377 g/mol. The summed E-state index contributed by atoms with van der Waals surface area (Å²) in [6, 6.07) is 8.14. The molecule has 1 amide bonds. The van der Waals surface area contributed by atoms with E-state index in [-0.39, 0.29) is 5.91 Å². The van der Waals surface area contributed by atoms with Crippen molar-refractivity contribution >= 4 is 45.2 Å². The Hall–Kier alpha value is -1.44. The van der Waals surface area contributed by atoms with Gasteiger partial charge in [-0.1, -0.05) is 29.6 Å². The molecule has 0 atom stereocenters. The van der Waals surface area contributed by atoms with Crippen LogP contribution in [0.3, 0.4) is 0 Å². The minimum absolute atomic E-state index is 0.0194. The van der Waals surface area contributed by atoms with E-state index in [1.807, 2.05) is 18.2 Å². The quantitative estimate of drug-likeness (QED) is 0.774. The van der Waals surface area contributed by atoms with Crippen LogP contribution in [-0.4, -0.2) is 66.0 Å². The van der Waals surface area contributed by atoms with Crippen molar-refractivity contribution in [2.45, 2.75) is 0 Å². The summed E-state index contributed by atoms with van der Waals surface area (Å²) >= 11 is 3.25. The molecule has 2 aliphatic rings. The average Bonchev–Trinajstić information content (AvgIpc) is 3.15. The van der Waals surface area contributed by atoms with E-state index in [2.05, 4.69) is 38.8 Å². The molecule has 0 saturated carbocycles. The Kier molecular flexibility index (Phi) is 6.84. The van der Waals surface area contributed by atoms with Crippen molar-refractivity contribution in [1.29, 1.82) is 0 Å². The number of anilines is 2. The van der Waals surface area contributed by atoms with Gasteiger partial charge in [-0.3, -0.25) is 14.7 Å². The van der Waals surface area contributed by atoms with Crippen LogP contribution in [0.25, 0.3) is 0 Å². The van der Waals surface area contributed by atoms with Crippen LogP contribution in [0.15, 0.2) is 41.9 Å². The highest BCUT2D eigenvalue weighted by molar-refractivity contribution is 8.39. The second-order valence-corrected chi connectivity index (χ2v) is 8.26. The Morgan fingerprint density at radius 1 is 1.28 bits per heavy atom. The lowest BCUT2D eigenvalue weighted by atomic mass is 10.2. The van der Waals surface area contributed by atoms with Gasteiger partial charge >= 0.3 is 0 Å². The summed E-state index contributed by atoms with van der Waals surface area (Å²) in [5, 5.41) is 2.96. The first-order valence-electron chi connectivity index (χ1n) is 8.53. The monoisotopic (exact) mass is 376 g/mol. The molecule has 0 radical (unpaired) electrons. The smallest absolute Gasteiger partial charge is 0.234 e. The molecular weight excluding hydrogens is 352 g/mol. The summed E-state index contributed by atoms with van der Waals surface area (Å²) in [7, 11) is 0. The molecule has 2 aliphatic heterocycles. The van der Waals surface area contributed by atoms with E-state index in [4.69, 9.17) is 0 Å². The first kappa shape index (κ1) is 18.4. The Morgan fingerprint density at radius 2 is 2.04 bits per heavy atom. The number of amides is 1. The first-order chi connectivity index (χ1) is 12.2. The van der Waals surface area contributed by atoms with Crippen LogP contribution in [0, 0.1) is 0 Å². The minimum atomic E-state index is 0.0194. The van der Waals surface area contributed by atoms with Gasteiger partial charge in [0.1, 0.15) is 4.38 Å². The molecule has 1 N–H and O–H groups in total. The van der Waals surface area contributed by atoms with Gasteiger partial charge in [0, 0.05) is 49.9 Å². The molecule has 1 fully saturated rings. The predicted molar refractivity (Wildman–Crippen MR) is 111 cm³/mol. The van der Waals surface area contributed by atoms with Gasteiger partial charge in [-0.05, 0) is 24.3 Å². The van der Waals surface area contributed by atoms with Crippen molar-refractivity contribution in [3.8, 4) is 0 Å². The largest absolute Gasteiger partial charge is 0.369 e. The highest BCUT2D eigenvalue weighted by Crippen LogP contribution is 2.23. The Bertz CT molecular complexity index is 624. The second-order valence-electron chi connectivity index (χ2n) is 5.96. The maximum absolute atomic E-state index is 12.0. The van der Waals surface area contributed by atoms with Gasteiger partial charge in [0.15, 0.2) is 0 Å². The van der Waals surface area contributed by atoms with Gasteiger partial charge in [0.2, 0.25) is 5.91 Å². The summed E-state index contributed by atoms with van der Waals surface area (Å²) in [5.74, 6) is 1.47. The van der Waals surface area contributed by atoms with Crippen LogP contribution in [0.1, 0.15) is 0 Å². The van der Waals surface area contributed by atoms with Gasteiger partial charge in [0.05, 0.1) is 12.3 Å². The third-order valence-corrected chi connectivity index (χ3v) is 6.41. The molecule has 5 nitrogen and oxygen atoms in total. The molecule has 0 aliphatic carbocycles. The van der Waals surface area contributed by atoms with Crippen molar-refractivity contribution in [2.75, 3.05) is 61.0 Å². The normalized spacial score (nSPS) is 18.1. The SMILES string of the molecule is C=CCN1CCN(c2ccc(NC(=O)CSC3=NCCS3)cc2)CC1. The molecule has 25 heavy (non-hydrogen) atoms. The maximum Gasteiger partial charge on any atom is 0.234 e. The summed E-state index contributed by atoms with van der Waals surface area (Å²) in [5.41, 5.74) is 2.06. The molecule has 0 aromatic heterocycles. The first-order valence-corrected chi connectivity index (χ1v) is 10.5. The number of benzene rings is 1. The Balaban J connectivity index is 1.45. The highest BCUT2D eigenvalue weighted by atomic mass is 32.2. The number of rotatable bonds is 6. The highest BCUT2D eigenvalue weighted by Gasteiger charge is 2.16. The summed E-state index contributed by atoms with van der Waals surface area (Å²) in [6.07, 6.45) is 1.96. The lowest BCUT2D eigenvalue weighted by Gasteiger charge is -2.35. The van der Waals surface area contributed by atoms with Crippen LogP contribution in [0.2, 0.25) is 0 Å². The second kappa shape index (κ2) is 9.31. The topological polar surface area (TPSA) is 47.9 Å². The zero-order valence-electron chi connectivity index (χ0n) is 14.3. The number of hydrogen-bond acceptors (Lipinski definition) is 6. The van der Waals surface area contributed by atoms with E-state index in [0.29, 0.717) is 5.75 Å². The van der Waals surface area contributed by atoms with E-state index >= 15 is 0 Å². The van der Waals surface area contributed by atoms with Crippen molar-refractivity contribution < 1.29 is 4.79 Å². The molecule has 0 spiro atoms. The molecule has 1 aromatic carbocycles. The number of carbonyl (C=O) groups excluding carboxylic acids is 1. The van der Waals surface area contributed by atoms with Crippen molar-refractivity contribution in [3.63, 3.8) is 0 Å². The van der Waals surface area contributed by atoms with Gasteiger partial charge in [-0.2, -0.15) is 0 Å². The van der Waals surface area contributed by atoms with E-state index in [0.717, 1.165) is 55.1 Å². The van der Waals surface area contributed by atoms with Crippen molar-refractivity contribution in [1.82, 2.24) is 4.90 Å². The van der Waals surface area contributed by atoms with E-state index in [9.17, 15) is 4.79 Å². The molecule has 1 aromatic rings. The van der Waals surface area contributed by atoms with Gasteiger partial charge in [-0.25, -0.2) is 0 Å². The number of thioether (sulfide) groups is 2. The third-order valence-electron chi connectivity index (χ3n) is 4.16. The number of hydrogen-bond donors (Lipinski definition) is 1. The van der Waals surface area contributed by atoms with E-state index in [1.54, 1.807) is 11.8 Å². The molecule has 3 rings (SSSR count). The van der Waals surface area contributed by atoms with E-state index < -0.39 is 0 Å². The predicted octanol–water partition coefficient (Wildman–Crippen LogP) is 2.77. The summed E-state index contributed by atoms with van der Waals surface area (Å²) in [4.78, 5) is 21.2. The molecule has 0 unspecified atom stereocenters. The van der Waals surface area contributed by atoms with Crippen molar-refractivity contribution in [2.24, 2.45) is 4.99 Å². The molecule has 1 saturated heterocycles. The molecule has 0 bridgehead atoms. The molecule has 7 heteroatoms. The fourth-order valence-corrected chi connectivity index (χ4v) is 4.66. The molecule has 2 heterocycles. The fourth-order valence-electron chi connectivity index (χ4n) is 2.85. The van der Waals surface area contributed by atoms with Gasteiger partial charge in [-0.15, -0.1) is 6.58 Å².